The molecule has 346 valence electrons. The summed E-state index contributed by atoms with van der Waals surface area (Å²) in [4.78, 5) is 65.2. The zero-order chi connectivity index (χ0) is 45.5. The molecule has 0 aliphatic carbocycles. The van der Waals surface area contributed by atoms with Crippen molar-refractivity contribution in [1.82, 2.24) is 25.5 Å². The third kappa shape index (κ3) is 14.8. The number of ketones is 1. The Bertz CT molecular complexity index is 2430. The largest absolute Gasteiger partial charge is 0.497 e. The molecule has 5 rings (SSSR count). The summed E-state index contributed by atoms with van der Waals surface area (Å²) in [5, 5.41) is 13.5. The molecule has 0 saturated heterocycles. The topological polar surface area (TPSA) is 240 Å². The third-order valence-electron chi connectivity index (χ3n) is 10.2. The van der Waals surface area contributed by atoms with Crippen molar-refractivity contribution in [2.45, 2.75) is 57.6 Å². The molecule has 1 atom stereocenters. The number of phosphoric acid groups is 1. The number of aromatic amines is 1. The van der Waals surface area contributed by atoms with Crippen LogP contribution in [0.25, 0.3) is 32.6 Å². The number of aromatic nitrogens is 2. The van der Waals surface area contributed by atoms with Crippen LogP contribution in [0.3, 0.4) is 0 Å². The number of fused-ring (bicyclic) bond motifs is 4. The predicted octanol–water partition coefficient (Wildman–Crippen LogP) is 6.48. The first kappa shape index (κ1) is 49.6. The molecule has 17 nitrogen and oxygen atoms in total. The quantitative estimate of drug-likeness (QED) is 0.0178. The summed E-state index contributed by atoms with van der Waals surface area (Å²) >= 11 is 0. The summed E-state index contributed by atoms with van der Waals surface area (Å²) in [6, 6.07) is 13.0. The molecule has 5 aromatic rings. The maximum absolute atomic E-state index is 12.6. The lowest BCUT2D eigenvalue weighted by atomic mass is 9.96. The van der Waals surface area contributed by atoms with E-state index in [4.69, 9.17) is 34.7 Å². The van der Waals surface area contributed by atoms with Gasteiger partial charge in [0.05, 0.1) is 31.9 Å². The second-order valence-corrected chi connectivity index (χ2v) is 18.7. The molecule has 2 amide bonds. The lowest BCUT2D eigenvalue weighted by molar-refractivity contribution is -0.122. The van der Waals surface area contributed by atoms with Crippen molar-refractivity contribution in [3.63, 3.8) is 0 Å². The van der Waals surface area contributed by atoms with Crippen LogP contribution in [0, 0.1) is 13.8 Å². The minimum Gasteiger partial charge on any atom is -0.497 e. The first-order valence-corrected chi connectivity index (χ1v) is 24.4. The number of nitrogens with two attached hydrogens (primary N) is 1. The Labute approximate surface area is 377 Å². The number of anilines is 1. The van der Waals surface area contributed by atoms with Crippen LogP contribution in [-0.2, 0) is 41.2 Å². The molecule has 63 heavy (non-hydrogen) atoms. The number of nitrogens with zero attached hydrogens (tertiary/aromatic N) is 2. The van der Waals surface area contributed by atoms with E-state index < -0.39 is 25.9 Å². The van der Waals surface area contributed by atoms with Crippen LogP contribution < -0.4 is 26.4 Å². The number of phosphoric ester groups is 1. The fourth-order valence-electron chi connectivity index (χ4n) is 7.04. The van der Waals surface area contributed by atoms with Crippen LogP contribution in [0.1, 0.15) is 44.9 Å². The van der Waals surface area contributed by atoms with Crippen molar-refractivity contribution in [3.8, 4) is 5.75 Å². The molecule has 0 spiro atoms. The van der Waals surface area contributed by atoms with Crippen LogP contribution in [-0.4, -0.2) is 121 Å². The van der Waals surface area contributed by atoms with Crippen molar-refractivity contribution < 1.29 is 50.3 Å². The van der Waals surface area contributed by atoms with Gasteiger partial charge in [0.1, 0.15) is 24.8 Å². The van der Waals surface area contributed by atoms with Gasteiger partial charge in [0.2, 0.25) is 5.91 Å². The van der Waals surface area contributed by atoms with E-state index in [1.54, 1.807) is 7.11 Å². The number of nitrogens with one attached hydrogen (secondary N) is 4. The van der Waals surface area contributed by atoms with Gasteiger partial charge in [0.25, 0.3) is 0 Å². The first-order valence-electron chi connectivity index (χ1n) is 20.6. The van der Waals surface area contributed by atoms with Gasteiger partial charge < -0.3 is 55.6 Å². The van der Waals surface area contributed by atoms with Gasteiger partial charge in [-0.2, -0.15) is 0 Å². The van der Waals surface area contributed by atoms with Gasteiger partial charge in [-0.25, -0.2) is 14.3 Å². The number of pyridine rings is 1. The molecule has 0 aliphatic rings. The van der Waals surface area contributed by atoms with E-state index in [9.17, 15) is 18.9 Å². The summed E-state index contributed by atoms with van der Waals surface area (Å²) in [6.07, 6.45) is 3.50. The molecule has 2 heterocycles. The van der Waals surface area contributed by atoms with Gasteiger partial charge in [-0.1, -0.05) is 33.7 Å². The van der Waals surface area contributed by atoms with Gasteiger partial charge in [0.15, 0.2) is 5.78 Å². The van der Waals surface area contributed by atoms with Crippen LogP contribution in [0.2, 0.25) is 0 Å². The van der Waals surface area contributed by atoms with E-state index in [0.29, 0.717) is 19.6 Å². The molecular weight excluding hydrogens is 870 g/mol. The van der Waals surface area contributed by atoms with Crippen LogP contribution >= 0.6 is 29.4 Å². The average Bonchev–Trinajstić information content (AvgIpc) is 3.64. The number of carbonyl (C=O) groups is 3. The highest BCUT2D eigenvalue weighted by molar-refractivity contribution is 8.76. The number of Topliss-reactive ketones (excluding diaryl/α,β-unsaturated/α-hetero) is 1. The second-order valence-electron chi connectivity index (χ2n) is 15.1. The zero-order valence-corrected chi connectivity index (χ0v) is 38.8. The predicted molar refractivity (Wildman–Crippen MR) is 254 cm³/mol. The normalized spacial score (nSPS) is 12.3. The Hall–Kier alpha value is -4.43. The van der Waals surface area contributed by atoms with E-state index in [1.807, 2.05) is 30.5 Å². The number of ether oxygens (including phenoxy) is 3. The summed E-state index contributed by atoms with van der Waals surface area (Å²) < 4.78 is 31.6. The van der Waals surface area contributed by atoms with Gasteiger partial charge >= 0.3 is 13.9 Å². The number of amides is 2. The lowest BCUT2D eigenvalue weighted by Crippen LogP contribution is -2.43. The van der Waals surface area contributed by atoms with Gasteiger partial charge in [0, 0.05) is 61.0 Å². The SMILES string of the molecule is COc1ccc2[nH]c3c(C)c4ccnc(NCCCN(C)CCCNC(=O)OCc5ccc(SSCC(N)C(=O)NCCOP(=O)(O)O)c(CCOCC(C)=O)c5)c4c(C)c3c2c1.[HH].[HH]. The number of rotatable bonds is 26. The van der Waals surface area contributed by atoms with E-state index in [-0.39, 0.29) is 40.8 Å². The number of aryl methyl sites for hydroxylation is 2. The molecule has 20 heteroatoms. The van der Waals surface area contributed by atoms with Gasteiger partial charge in [-0.3, -0.25) is 14.1 Å². The highest BCUT2D eigenvalue weighted by atomic mass is 33.1. The molecule has 8 N–H and O–H groups in total. The number of hydrogen-bond acceptors (Lipinski definition) is 14. The highest BCUT2D eigenvalue weighted by Crippen LogP contribution is 2.40. The molecule has 1 unspecified atom stereocenters. The van der Waals surface area contributed by atoms with Crippen LogP contribution in [0.4, 0.5) is 10.6 Å². The lowest BCUT2D eigenvalue weighted by Gasteiger charge is -2.18. The van der Waals surface area contributed by atoms with E-state index >= 15 is 0 Å². The maximum Gasteiger partial charge on any atom is 0.469 e. The van der Waals surface area contributed by atoms with Gasteiger partial charge in [-0.05, 0) is 118 Å². The third-order valence-corrected chi connectivity index (χ3v) is 13.2. The maximum atomic E-state index is 12.6. The summed E-state index contributed by atoms with van der Waals surface area (Å²) in [5.74, 6) is 1.39. The minimum atomic E-state index is -4.62. The molecule has 2 aromatic heterocycles. The molecule has 0 aliphatic heterocycles. The van der Waals surface area contributed by atoms with Crippen LogP contribution in [0.5, 0.6) is 5.75 Å². The summed E-state index contributed by atoms with van der Waals surface area (Å²) in [5.41, 5.74) is 12.2. The Balaban J connectivity index is 0.00000561. The average molecular weight is 932 g/mol. The minimum absolute atomic E-state index is 0. The fourth-order valence-corrected chi connectivity index (χ4v) is 9.76. The Morgan fingerprint density at radius 1 is 0.984 bits per heavy atom. The van der Waals surface area contributed by atoms with Crippen molar-refractivity contribution in [2.75, 3.05) is 77.8 Å². The second kappa shape index (κ2) is 24.0. The van der Waals surface area contributed by atoms with Crippen molar-refractivity contribution in [1.29, 1.82) is 0 Å². The highest BCUT2D eigenvalue weighted by Gasteiger charge is 2.19. The van der Waals surface area contributed by atoms with Gasteiger partial charge in [-0.15, -0.1) is 0 Å². The molecule has 0 saturated carbocycles. The molecule has 0 fully saturated rings. The summed E-state index contributed by atoms with van der Waals surface area (Å²) in [7, 11) is 1.91. The Kier molecular flexibility index (Phi) is 18.9. The van der Waals surface area contributed by atoms with E-state index in [2.05, 4.69) is 69.5 Å². The van der Waals surface area contributed by atoms with E-state index in [1.165, 1.54) is 50.4 Å². The zero-order valence-electron chi connectivity index (χ0n) is 36.3. The molecule has 0 radical (unpaired) electrons. The van der Waals surface area contributed by atoms with Crippen molar-refractivity contribution in [2.24, 2.45) is 5.73 Å². The van der Waals surface area contributed by atoms with Crippen molar-refractivity contribution >= 4 is 85.6 Å². The number of benzene rings is 3. The number of hydrogen-bond donors (Lipinski definition) is 7. The Morgan fingerprint density at radius 2 is 1.76 bits per heavy atom. The first-order chi connectivity index (χ1) is 30.1. The number of H-pyrrole nitrogens is 1. The molecule has 3 aromatic carbocycles. The smallest absolute Gasteiger partial charge is 0.469 e. The standard InChI is InChI=1S/C43H58N7O10PS2.2H2/c1-27(51)24-58-20-13-31-22-30(8-11-37(31)63-62-26-35(44)42(52)47-17-21-60-61(54,55)56)25-59-43(53)48-15-7-19-50(4)18-6-14-45-41-39-29(3)38-34-23-32(57-5)9-10-36(34)49-40(38)28(2)33(39)12-16-46-41;;/h8-12,16,22-23,35,49H,6-7,13-15,17-21,24-26,44H2,1-5H3,(H,45,46)(H,47,52)(H,48,53)(H2,54,55,56);2*1H. The van der Waals surface area contributed by atoms with Crippen LogP contribution in [0.15, 0.2) is 53.6 Å². The Morgan fingerprint density at radius 3 is 2.51 bits per heavy atom. The molecular formula is C43H62N7O10PS2. The number of carbonyl (C=O) groups excluding carboxylic acids is 3. The summed E-state index contributed by atoms with van der Waals surface area (Å²) in [6.45, 7) is 8.55. The fraction of sp³-hybridized carbons (Fsp3) is 0.442. The monoisotopic (exact) mass is 931 g/mol. The number of alkyl carbamates (subject to hydrolysis) is 1. The van der Waals surface area contributed by atoms with Crippen molar-refractivity contribution in [3.05, 3.63) is 70.9 Å². The van der Waals surface area contributed by atoms with E-state index in [0.717, 1.165) is 81.9 Å². The number of methoxy groups -OCH3 is 1. The molecule has 0 bridgehead atoms.